The van der Waals surface area contributed by atoms with Crippen molar-refractivity contribution in [1.29, 1.82) is 5.26 Å². The highest BCUT2D eigenvalue weighted by atomic mass is 32.2. The minimum absolute atomic E-state index is 0.000437. The Bertz CT molecular complexity index is 371. The number of amides is 1. The van der Waals surface area contributed by atoms with Crippen molar-refractivity contribution in [3.63, 3.8) is 0 Å². The summed E-state index contributed by atoms with van der Waals surface area (Å²) >= 11 is 0. The van der Waals surface area contributed by atoms with E-state index in [1.54, 1.807) is 0 Å². The first kappa shape index (κ1) is 12.9. The van der Waals surface area contributed by atoms with Gasteiger partial charge in [0.1, 0.15) is 16.4 Å². The highest BCUT2D eigenvalue weighted by Crippen LogP contribution is 2.11. The Balaban J connectivity index is 2.20. The average molecular weight is 245 g/mol. The molecule has 0 unspecified atom stereocenters. The van der Waals surface area contributed by atoms with Crippen molar-refractivity contribution in [3.05, 3.63) is 0 Å². The van der Waals surface area contributed by atoms with E-state index in [-0.39, 0.29) is 36.5 Å². The topological polar surface area (TPSA) is 99.1 Å². The van der Waals surface area contributed by atoms with Crippen LogP contribution in [0.15, 0.2) is 0 Å². The molecule has 7 heteroatoms. The molecule has 1 rings (SSSR count). The molecule has 1 aliphatic heterocycles. The SMILES string of the molecule is N#CCNC(=O)CNC1CCS(=O)(=O)CC1. The van der Waals surface area contributed by atoms with Gasteiger partial charge in [-0.2, -0.15) is 5.26 Å². The first-order chi connectivity index (χ1) is 7.53. The maximum Gasteiger partial charge on any atom is 0.234 e. The van der Waals surface area contributed by atoms with Crippen molar-refractivity contribution in [2.75, 3.05) is 24.6 Å². The summed E-state index contributed by atoms with van der Waals surface area (Å²) in [6.45, 7) is 0.131. The number of nitriles is 1. The third-order valence-corrected chi connectivity index (χ3v) is 4.19. The van der Waals surface area contributed by atoms with Crippen molar-refractivity contribution in [2.45, 2.75) is 18.9 Å². The van der Waals surface area contributed by atoms with E-state index in [4.69, 9.17) is 5.26 Å². The lowest BCUT2D eigenvalue weighted by Gasteiger charge is -2.22. The molecule has 0 bridgehead atoms. The molecule has 1 saturated heterocycles. The van der Waals surface area contributed by atoms with Crippen LogP contribution in [0.4, 0.5) is 0 Å². The molecule has 16 heavy (non-hydrogen) atoms. The van der Waals surface area contributed by atoms with E-state index in [0.29, 0.717) is 12.8 Å². The van der Waals surface area contributed by atoms with E-state index < -0.39 is 9.84 Å². The van der Waals surface area contributed by atoms with Gasteiger partial charge in [0.25, 0.3) is 0 Å². The summed E-state index contributed by atoms with van der Waals surface area (Å²) in [7, 11) is -2.85. The van der Waals surface area contributed by atoms with Crippen LogP contribution in [0, 0.1) is 11.3 Å². The molecule has 0 atom stereocenters. The number of hydrogen-bond acceptors (Lipinski definition) is 5. The summed E-state index contributed by atoms with van der Waals surface area (Å²) in [5.74, 6) is 0.129. The van der Waals surface area contributed by atoms with E-state index in [9.17, 15) is 13.2 Å². The summed E-state index contributed by atoms with van der Waals surface area (Å²) in [6.07, 6.45) is 1.10. The maximum absolute atomic E-state index is 11.1. The second-order valence-electron chi connectivity index (χ2n) is 3.74. The third-order valence-electron chi connectivity index (χ3n) is 2.47. The summed E-state index contributed by atoms with van der Waals surface area (Å²) in [5.41, 5.74) is 0. The molecule has 90 valence electrons. The smallest absolute Gasteiger partial charge is 0.234 e. The highest BCUT2D eigenvalue weighted by Gasteiger charge is 2.23. The van der Waals surface area contributed by atoms with Crippen molar-refractivity contribution >= 4 is 15.7 Å². The molecule has 0 aliphatic carbocycles. The summed E-state index contributed by atoms with van der Waals surface area (Å²) in [6, 6.07) is 1.89. The van der Waals surface area contributed by atoms with Gasteiger partial charge in [-0.25, -0.2) is 8.42 Å². The van der Waals surface area contributed by atoms with Gasteiger partial charge in [-0.05, 0) is 12.8 Å². The average Bonchev–Trinajstić information content (AvgIpc) is 2.25. The van der Waals surface area contributed by atoms with E-state index >= 15 is 0 Å². The van der Waals surface area contributed by atoms with Crippen molar-refractivity contribution in [1.82, 2.24) is 10.6 Å². The van der Waals surface area contributed by atoms with Gasteiger partial charge in [-0.3, -0.25) is 4.79 Å². The van der Waals surface area contributed by atoms with Gasteiger partial charge in [-0.15, -0.1) is 0 Å². The molecule has 2 N–H and O–H groups in total. The van der Waals surface area contributed by atoms with Gasteiger partial charge in [0.15, 0.2) is 0 Å². The van der Waals surface area contributed by atoms with Crippen LogP contribution in [-0.2, 0) is 14.6 Å². The first-order valence-electron chi connectivity index (χ1n) is 5.11. The summed E-state index contributed by atoms with van der Waals surface area (Å²) in [5, 5.41) is 13.6. The van der Waals surface area contributed by atoms with Crippen LogP contribution in [0.1, 0.15) is 12.8 Å². The number of nitrogens with one attached hydrogen (secondary N) is 2. The monoisotopic (exact) mass is 245 g/mol. The van der Waals surface area contributed by atoms with Crippen LogP contribution >= 0.6 is 0 Å². The molecule has 6 nitrogen and oxygen atoms in total. The van der Waals surface area contributed by atoms with Crippen molar-refractivity contribution in [3.8, 4) is 6.07 Å². The van der Waals surface area contributed by atoms with Gasteiger partial charge in [0.05, 0.1) is 24.1 Å². The minimum Gasteiger partial charge on any atom is -0.342 e. The van der Waals surface area contributed by atoms with Crippen LogP contribution < -0.4 is 10.6 Å². The first-order valence-corrected chi connectivity index (χ1v) is 6.93. The molecule has 0 aromatic heterocycles. The molecular formula is C9H15N3O3S. The van der Waals surface area contributed by atoms with Gasteiger partial charge in [0, 0.05) is 6.04 Å². The number of nitrogens with zero attached hydrogens (tertiary/aromatic N) is 1. The number of sulfone groups is 1. The van der Waals surface area contributed by atoms with E-state index in [2.05, 4.69) is 10.6 Å². The second kappa shape index (κ2) is 5.82. The number of hydrogen-bond donors (Lipinski definition) is 2. The minimum atomic E-state index is -2.85. The zero-order valence-electron chi connectivity index (χ0n) is 8.90. The van der Waals surface area contributed by atoms with Gasteiger partial charge in [0.2, 0.25) is 5.91 Å². The summed E-state index contributed by atoms with van der Waals surface area (Å²) in [4.78, 5) is 11.1. The lowest BCUT2D eigenvalue weighted by Crippen LogP contribution is -2.43. The lowest BCUT2D eigenvalue weighted by atomic mass is 10.1. The van der Waals surface area contributed by atoms with Crippen LogP contribution in [0.5, 0.6) is 0 Å². The van der Waals surface area contributed by atoms with Gasteiger partial charge < -0.3 is 10.6 Å². The number of carbonyl (C=O) groups excluding carboxylic acids is 1. The maximum atomic E-state index is 11.1. The molecule has 1 amide bonds. The molecular weight excluding hydrogens is 230 g/mol. The predicted molar refractivity (Wildman–Crippen MR) is 58.3 cm³/mol. The highest BCUT2D eigenvalue weighted by molar-refractivity contribution is 7.91. The normalized spacial score (nSPS) is 19.9. The molecule has 0 aromatic carbocycles. The zero-order valence-corrected chi connectivity index (χ0v) is 9.72. The fourth-order valence-electron chi connectivity index (χ4n) is 1.53. The molecule has 0 spiro atoms. The molecule has 1 aliphatic rings. The van der Waals surface area contributed by atoms with Crippen molar-refractivity contribution < 1.29 is 13.2 Å². The quantitative estimate of drug-likeness (QED) is 0.606. The Labute approximate surface area is 94.9 Å². The van der Waals surface area contributed by atoms with Crippen LogP contribution in [-0.4, -0.2) is 45.0 Å². The van der Waals surface area contributed by atoms with E-state index in [0.717, 1.165) is 0 Å². The Hall–Kier alpha value is -1.13. The van der Waals surface area contributed by atoms with Gasteiger partial charge in [-0.1, -0.05) is 0 Å². The second-order valence-corrected chi connectivity index (χ2v) is 6.05. The Morgan fingerprint density at radius 2 is 2.00 bits per heavy atom. The van der Waals surface area contributed by atoms with Gasteiger partial charge >= 0.3 is 0 Å². The van der Waals surface area contributed by atoms with Crippen molar-refractivity contribution in [2.24, 2.45) is 0 Å². The van der Waals surface area contributed by atoms with E-state index in [1.165, 1.54) is 0 Å². The number of carbonyl (C=O) groups is 1. The molecule has 1 fully saturated rings. The zero-order chi connectivity index (χ0) is 12.0. The summed E-state index contributed by atoms with van der Waals surface area (Å²) < 4.78 is 22.3. The third kappa shape index (κ3) is 4.59. The number of rotatable bonds is 4. The van der Waals surface area contributed by atoms with E-state index in [1.807, 2.05) is 6.07 Å². The molecule has 0 radical (unpaired) electrons. The predicted octanol–water partition coefficient (Wildman–Crippen LogP) is -1.21. The largest absolute Gasteiger partial charge is 0.342 e. The molecule has 0 aromatic rings. The lowest BCUT2D eigenvalue weighted by molar-refractivity contribution is -0.120. The Kier molecular flexibility index (Phi) is 4.71. The fraction of sp³-hybridized carbons (Fsp3) is 0.778. The fourth-order valence-corrected chi connectivity index (χ4v) is 3.02. The molecule has 0 saturated carbocycles. The van der Waals surface area contributed by atoms with Crippen LogP contribution in [0.2, 0.25) is 0 Å². The standard InChI is InChI=1S/C9H15N3O3S/c10-3-4-11-9(13)7-12-8-1-5-16(14,15)6-2-8/h8,12H,1-2,4-7H2,(H,11,13). The Morgan fingerprint density at radius 1 is 1.38 bits per heavy atom. The van der Waals surface area contributed by atoms with Crippen LogP contribution in [0.3, 0.4) is 0 Å². The molecule has 1 heterocycles. The Morgan fingerprint density at radius 3 is 2.56 bits per heavy atom. The van der Waals surface area contributed by atoms with Crippen LogP contribution in [0.25, 0.3) is 0 Å².